The Kier molecular flexibility index (Phi) is 5.48. The summed E-state index contributed by atoms with van der Waals surface area (Å²) in [5.74, 6) is 0. The van der Waals surface area contributed by atoms with Crippen LogP contribution in [0.4, 0.5) is 5.69 Å². The molecule has 0 unspecified atom stereocenters. The third kappa shape index (κ3) is 3.74. The van der Waals surface area contributed by atoms with Crippen LogP contribution in [0.15, 0.2) is 115 Å². The molecule has 0 radical (unpaired) electrons. The van der Waals surface area contributed by atoms with Crippen molar-refractivity contribution < 1.29 is 0 Å². The zero-order valence-corrected chi connectivity index (χ0v) is 21.2. The first kappa shape index (κ1) is 23.2. The van der Waals surface area contributed by atoms with E-state index >= 15 is 0 Å². The van der Waals surface area contributed by atoms with Crippen LogP contribution in [0, 0.1) is 17.9 Å². The molecule has 5 aromatic carbocycles. The minimum absolute atomic E-state index is 0.486. The van der Waals surface area contributed by atoms with Crippen molar-refractivity contribution >= 4 is 38.4 Å². The molecular weight excluding hydrogens is 490 g/mol. The van der Waals surface area contributed by atoms with Crippen LogP contribution in [0.3, 0.4) is 0 Å². The van der Waals surface area contributed by atoms with Gasteiger partial charge in [0.15, 0.2) is 5.69 Å². The number of nitriles is 1. The lowest BCUT2D eigenvalue weighted by atomic mass is 9.96. The first-order chi connectivity index (χ1) is 19.7. The van der Waals surface area contributed by atoms with Crippen LogP contribution in [0.1, 0.15) is 5.56 Å². The molecule has 0 saturated carbocycles. The average molecular weight is 510 g/mol. The average Bonchev–Trinajstić information content (AvgIpc) is 3.04. The quantitative estimate of drug-likeness (QED) is 0.176. The SMILES string of the molecule is [C-]#[N+]c1cc2nc(-c3ccccc3)c(-c3ccccc3)nc2c2c(-c3cccc(C#N)c3)nc3ccccc3c12. The van der Waals surface area contributed by atoms with Crippen LogP contribution in [0.5, 0.6) is 0 Å². The molecule has 0 fully saturated rings. The van der Waals surface area contributed by atoms with Gasteiger partial charge in [-0.2, -0.15) is 5.26 Å². The van der Waals surface area contributed by atoms with Gasteiger partial charge in [0.1, 0.15) is 0 Å². The van der Waals surface area contributed by atoms with Crippen molar-refractivity contribution in [2.24, 2.45) is 0 Å². The number of aromatic nitrogens is 3. The first-order valence-electron chi connectivity index (χ1n) is 12.8. The van der Waals surface area contributed by atoms with E-state index in [-0.39, 0.29) is 0 Å². The molecule has 7 rings (SSSR count). The van der Waals surface area contributed by atoms with E-state index in [4.69, 9.17) is 21.5 Å². The second-order valence-corrected chi connectivity index (χ2v) is 9.45. The maximum atomic E-state index is 9.62. The molecule has 0 aliphatic heterocycles. The number of rotatable bonds is 3. The van der Waals surface area contributed by atoms with Crippen LogP contribution in [0.25, 0.3) is 71.3 Å². The Bertz CT molecular complexity index is 2170. The molecule has 2 heterocycles. The van der Waals surface area contributed by atoms with Crippen molar-refractivity contribution in [1.29, 1.82) is 5.26 Å². The number of para-hydroxylation sites is 1. The predicted octanol–water partition coefficient (Wildman–Crippen LogP) is 8.75. The van der Waals surface area contributed by atoms with E-state index < -0.39 is 0 Å². The van der Waals surface area contributed by atoms with Gasteiger partial charge in [0.05, 0.1) is 51.8 Å². The lowest BCUT2D eigenvalue weighted by molar-refractivity contribution is 1.30. The van der Waals surface area contributed by atoms with E-state index in [2.05, 4.69) is 10.9 Å². The Balaban J connectivity index is 1.71. The summed E-state index contributed by atoms with van der Waals surface area (Å²) in [5.41, 5.74) is 7.91. The summed E-state index contributed by atoms with van der Waals surface area (Å²) in [6.07, 6.45) is 0. The Morgan fingerprint density at radius 3 is 1.90 bits per heavy atom. The third-order valence-electron chi connectivity index (χ3n) is 7.06. The smallest absolute Gasteiger partial charge is 0.197 e. The monoisotopic (exact) mass is 509 g/mol. The number of hydrogen-bond acceptors (Lipinski definition) is 4. The lowest BCUT2D eigenvalue weighted by Crippen LogP contribution is -1.98. The first-order valence-corrected chi connectivity index (χ1v) is 12.8. The number of nitrogens with zero attached hydrogens (tertiary/aromatic N) is 5. The van der Waals surface area contributed by atoms with Crippen molar-refractivity contribution in [3.8, 4) is 39.8 Å². The summed E-state index contributed by atoms with van der Waals surface area (Å²) in [4.78, 5) is 19.5. The second kappa shape index (κ2) is 9.44. The summed E-state index contributed by atoms with van der Waals surface area (Å²) in [5, 5.41) is 12.0. The molecule has 0 aliphatic rings. The van der Waals surface area contributed by atoms with Crippen molar-refractivity contribution in [3.63, 3.8) is 0 Å². The zero-order chi connectivity index (χ0) is 27.1. The highest BCUT2D eigenvalue weighted by atomic mass is 14.8. The van der Waals surface area contributed by atoms with E-state index in [0.717, 1.165) is 49.8 Å². The van der Waals surface area contributed by atoms with Crippen LogP contribution >= 0.6 is 0 Å². The van der Waals surface area contributed by atoms with Gasteiger partial charge in [-0.3, -0.25) is 0 Å². The van der Waals surface area contributed by atoms with E-state index in [1.165, 1.54) is 0 Å². The molecule has 7 aromatic rings. The molecule has 5 heteroatoms. The van der Waals surface area contributed by atoms with Gasteiger partial charge in [-0.1, -0.05) is 91.0 Å². The van der Waals surface area contributed by atoms with Gasteiger partial charge in [-0.25, -0.2) is 19.8 Å². The topological polar surface area (TPSA) is 66.8 Å². The van der Waals surface area contributed by atoms with Crippen molar-refractivity contribution in [2.75, 3.05) is 0 Å². The van der Waals surface area contributed by atoms with Gasteiger partial charge < -0.3 is 0 Å². The zero-order valence-electron chi connectivity index (χ0n) is 21.2. The predicted molar refractivity (Wildman–Crippen MR) is 160 cm³/mol. The fourth-order valence-electron chi connectivity index (χ4n) is 5.27. The summed E-state index contributed by atoms with van der Waals surface area (Å²) < 4.78 is 0. The third-order valence-corrected chi connectivity index (χ3v) is 7.06. The van der Waals surface area contributed by atoms with E-state index in [9.17, 15) is 5.26 Å². The van der Waals surface area contributed by atoms with Gasteiger partial charge >= 0.3 is 0 Å². The summed E-state index contributed by atoms with van der Waals surface area (Å²) in [6.45, 7) is 8.12. The number of hydrogen-bond donors (Lipinski definition) is 0. The minimum Gasteiger partial charge on any atom is -0.247 e. The molecule has 0 bridgehead atoms. The molecule has 2 aromatic heterocycles. The van der Waals surface area contributed by atoms with Crippen molar-refractivity contribution in [1.82, 2.24) is 15.0 Å². The molecule has 5 nitrogen and oxygen atoms in total. The highest BCUT2D eigenvalue weighted by Gasteiger charge is 2.21. The molecular formula is C35H19N5. The Hall–Kier alpha value is -5.91. The van der Waals surface area contributed by atoms with E-state index in [1.54, 1.807) is 6.07 Å². The maximum absolute atomic E-state index is 9.62. The Labute approximate surface area is 230 Å². The van der Waals surface area contributed by atoms with Crippen LogP contribution in [0.2, 0.25) is 0 Å². The van der Waals surface area contributed by atoms with Gasteiger partial charge in [0.2, 0.25) is 0 Å². The summed E-state index contributed by atoms with van der Waals surface area (Å²) in [6, 6.07) is 39.3. The second-order valence-electron chi connectivity index (χ2n) is 9.45. The lowest BCUT2D eigenvalue weighted by Gasteiger charge is -2.16. The molecule has 0 N–H and O–H groups in total. The normalized spacial score (nSPS) is 10.9. The highest BCUT2D eigenvalue weighted by molar-refractivity contribution is 6.24. The molecule has 0 saturated heterocycles. The summed E-state index contributed by atoms with van der Waals surface area (Å²) >= 11 is 0. The Morgan fingerprint density at radius 2 is 1.20 bits per heavy atom. The van der Waals surface area contributed by atoms with E-state index in [1.807, 2.05) is 109 Å². The van der Waals surface area contributed by atoms with Crippen molar-refractivity contribution in [3.05, 3.63) is 132 Å². The standard InChI is InChI=1S/C35H19N5/c1-37-28-20-29-35(40-34(24-14-6-3-7-15-24)33(39-29)23-12-4-2-5-13-23)31-30(28)26-17-8-9-18-27(26)38-32(31)25-16-10-11-22(19-25)21-36/h2-20H. The van der Waals surface area contributed by atoms with Crippen LogP contribution in [-0.4, -0.2) is 15.0 Å². The van der Waals surface area contributed by atoms with Crippen LogP contribution < -0.4 is 0 Å². The van der Waals surface area contributed by atoms with Gasteiger partial charge in [-0.15, -0.1) is 0 Å². The molecule has 0 amide bonds. The number of benzene rings is 5. The summed E-state index contributed by atoms with van der Waals surface area (Å²) in [7, 11) is 0. The molecule has 0 atom stereocenters. The largest absolute Gasteiger partial charge is 0.247 e. The number of pyridine rings is 1. The Morgan fingerprint density at radius 1 is 0.575 bits per heavy atom. The highest BCUT2D eigenvalue weighted by Crippen LogP contribution is 2.43. The fraction of sp³-hybridized carbons (Fsp3) is 0. The number of fused-ring (bicyclic) bond motifs is 5. The molecule has 40 heavy (non-hydrogen) atoms. The molecule has 0 aliphatic carbocycles. The van der Waals surface area contributed by atoms with Crippen LogP contribution in [-0.2, 0) is 0 Å². The fourth-order valence-corrected chi connectivity index (χ4v) is 5.27. The maximum Gasteiger partial charge on any atom is 0.197 e. The van der Waals surface area contributed by atoms with Gasteiger partial charge in [-0.05, 0) is 29.7 Å². The molecule has 184 valence electrons. The minimum atomic E-state index is 0.486. The van der Waals surface area contributed by atoms with Gasteiger partial charge in [0, 0.05) is 27.5 Å². The molecule has 0 spiro atoms. The van der Waals surface area contributed by atoms with Gasteiger partial charge in [0.25, 0.3) is 0 Å². The van der Waals surface area contributed by atoms with Crippen molar-refractivity contribution in [2.45, 2.75) is 0 Å². The van der Waals surface area contributed by atoms with E-state index in [0.29, 0.717) is 28.0 Å².